The number of halogens is 1. The van der Waals surface area contributed by atoms with Crippen LogP contribution in [0.15, 0.2) is 54.6 Å². The van der Waals surface area contributed by atoms with Crippen LogP contribution in [0.2, 0.25) is 5.02 Å². The van der Waals surface area contributed by atoms with Crippen LogP contribution in [-0.4, -0.2) is 47.0 Å². The number of hydrogen-bond donors (Lipinski definition) is 2. The minimum atomic E-state index is -1.16. The normalized spacial score (nSPS) is 19.3. The third kappa shape index (κ3) is 4.68. The van der Waals surface area contributed by atoms with Gasteiger partial charge in [0.2, 0.25) is 5.91 Å². The predicted octanol–water partition coefficient (Wildman–Crippen LogP) is 2.01. The van der Waals surface area contributed by atoms with Gasteiger partial charge in [0, 0.05) is 11.6 Å². The minimum Gasteiger partial charge on any atom is -0.480 e. The number of ether oxygens (including phenoxy) is 1. The minimum absolute atomic E-state index is 0.241. The molecule has 28 heavy (non-hydrogen) atoms. The van der Waals surface area contributed by atoms with Crippen molar-refractivity contribution < 1.29 is 24.2 Å². The van der Waals surface area contributed by atoms with Gasteiger partial charge in [-0.2, -0.15) is 0 Å². The van der Waals surface area contributed by atoms with Gasteiger partial charge in [-0.05, 0) is 23.3 Å². The molecular formula is C20H19ClN2O5. The standard InChI is InChI=1S/C20H19ClN2O5/c21-15-8-4-5-13(9-15)11-23-16(24)12-28-19(20(27)22-10-17(25)26)18(23)14-6-2-1-3-7-14/h1-9,18-19H,10-12H2,(H,22,27)(H,25,26)/t18-,19+/m1/s1. The van der Waals surface area contributed by atoms with Crippen LogP contribution in [0.1, 0.15) is 17.2 Å². The van der Waals surface area contributed by atoms with Gasteiger partial charge in [0.15, 0.2) is 6.10 Å². The number of hydrogen-bond acceptors (Lipinski definition) is 4. The van der Waals surface area contributed by atoms with Gasteiger partial charge in [-0.25, -0.2) is 0 Å². The number of amides is 2. The van der Waals surface area contributed by atoms with Crippen LogP contribution in [0.25, 0.3) is 0 Å². The van der Waals surface area contributed by atoms with E-state index in [0.29, 0.717) is 10.6 Å². The first-order valence-electron chi connectivity index (χ1n) is 8.65. The summed E-state index contributed by atoms with van der Waals surface area (Å²) in [7, 11) is 0. The van der Waals surface area contributed by atoms with Gasteiger partial charge >= 0.3 is 5.97 Å². The number of rotatable bonds is 6. The van der Waals surface area contributed by atoms with Crippen molar-refractivity contribution in [2.45, 2.75) is 18.7 Å². The monoisotopic (exact) mass is 402 g/mol. The average molecular weight is 403 g/mol. The molecule has 0 radical (unpaired) electrons. The summed E-state index contributed by atoms with van der Waals surface area (Å²) >= 11 is 6.05. The average Bonchev–Trinajstić information content (AvgIpc) is 2.68. The molecular weight excluding hydrogens is 384 g/mol. The second-order valence-electron chi connectivity index (χ2n) is 6.35. The SMILES string of the molecule is O=C(O)CNC(=O)[C@H]1OCC(=O)N(Cc2cccc(Cl)c2)[C@@H]1c1ccccc1. The predicted molar refractivity (Wildman–Crippen MR) is 102 cm³/mol. The molecule has 2 N–H and O–H groups in total. The first-order valence-corrected chi connectivity index (χ1v) is 9.03. The van der Waals surface area contributed by atoms with E-state index in [2.05, 4.69) is 5.32 Å². The summed E-state index contributed by atoms with van der Waals surface area (Å²) in [6.45, 7) is -0.553. The smallest absolute Gasteiger partial charge is 0.322 e. The second-order valence-corrected chi connectivity index (χ2v) is 6.79. The van der Waals surface area contributed by atoms with Crippen LogP contribution in [0, 0.1) is 0 Å². The maximum absolute atomic E-state index is 12.6. The maximum atomic E-state index is 12.6. The first-order chi connectivity index (χ1) is 13.5. The quantitative estimate of drug-likeness (QED) is 0.770. The number of nitrogens with one attached hydrogen (secondary N) is 1. The van der Waals surface area contributed by atoms with Gasteiger partial charge in [-0.1, -0.05) is 54.1 Å². The molecule has 1 aliphatic heterocycles. The highest BCUT2D eigenvalue weighted by Crippen LogP contribution is 2.32. The van der Waals surface area contributed by atoms with Crippen LogP contribution in [0.3, 0.4) is 0 Å². The number of carboxylic acids is 1. The number of carbonyl (C=O) groups is 3. The van der Waals surface area contributed by atoms with E-state index >= 15 is 0 Å². The lowest BCUT2D eigenvalue weighted by Gasteiger charge is -2.40. The van der Waals surface area contributed by atoms with Crippen molar-refractivity contribution in [2.24, 2.45) is 0 Å². The zero-order valence-electron chi connectivity index (χ0n) is 14.9. The van der Waals surface area contributed by atoms with Gasteiger partial charge in [0.05, 0.1) is 6.04 Å². The lowest BCUT2D eigenvalue weighted by atomic mass is 9.96. The van der Waals surface area contributed by atoms with Crippen molar-refractivity contribution >= 4 is 29.4 Å². The molecule has 1 aliphatic rings. The summed E-state index contributed by atoms with van der Waals surface area (Å²) < 4.78 is 5.52. The van der Waals surface area contributed by atoms with Gasteiger partial charge in [0.1, 0.15) is 13.2 Å². The molecule has 0 spiro atoms. The summed E-state index contributed by atoms with van der Waals surface area (Å²) in [5, 5.41) is 11.7. The van der Waals surface area contributed by atoms with Crippen molar-refractivity contribution in [2.75, 3.05) is 13.2 Å². The Morgan fingerprint density at radius 3 is 2.61 bits per heavy atom. The molecule has 0 saturated carbocycles. The van der Waals surface area contributed by atoms with E-state index in [0.717, 1.165) is 5.56 Å². The molecule has 2 aromatic rings. The second kappa shape index (κ2) is 8.86. The molecule has 0 aliphatic carbocycles. The zero-order chi connectivity index (χ0) is 20.1. The van der Waals surface area contributed by atoms with Crippen molar-refractivity contribution in [3.05, 3.63) is 70.7 Å². The number of carbonyl (C=O) groups excluding carboxylic acids is 2. The Kier molecular flexibility index (Phi) is 6.28. The molecule has 0 unspecified atom stereocenters. The Hall–Kier alpha value is -2.90. The highest BCUT2D eigenvalue weighted by Gasteiger charge is 2.41. The van der Waals surface area contributed by atoms with Crippen molar-refractivity contribution in [3.8, 4) is 0 Å². The molecule has 2 atom stereocenters. The lowest BCUT2D eigenvalue weighted by molar-refractivity contribution is -0.166. The Morgan fingerprint density at radius 1 is 1.18 bits per heavy atom. The molecule has 2 amide bonds. The Bertz CT molecular complexity index is 874. The van der Waals surface area contributed by atoms with Gasteiger partial charge in [-0.15, -0.1) is 0 Å². The third-order valence-corrected chi connectivity index (χ3v) is 4.62. The Labute approximate surface area is 166 Å². The van der Waals surface area contributed by atoms with E-state index in [1.165, 1.54) is 0 Å². The summed E-state index contributed by atoms with van der Waals surface area (Å²) in [4.78, 5) is 37.6. The molecule has 146 valence electrons. The molecule has 7 nitrogen and oxygen atoms in total. The van der Waals surface area contributed by atoms with Crippen LogP contribution in [0.4, 0.5) is 0 Å². The maximum Gasteiger partial charge on any atom is 0.322 e. The van der Waals surface area contributed by atoms with Crippen LogP contribution in [-0.2, 0) is 25.7 Å². The molecule has 8 heteroatoms. The summed E-state index contributed by atoms with van der Waals surface area (Å²) in [6.07, 6.45) is -1.03. The summed E-state index contributed by atoms with van der Waals surface area (Å²) in [6, 6.07) is 15.5. The molecule has 2 aromatic carbocycles. The highest BCUT2D eigenvalue weighted by molar-refractivity contribution is 6.30. The number of benzene rings is 2. The number of nitrogens with zero attached hydrogens (tertiary/aromatic N) is 1. The van der Waals surface area contributed by atoms with E-state index in [9.17, 15) is 14.4 Å². The van der Waals surface area contributed by atoms with Crippen molar-refractivity contribution in [1.29, 1.82) is 0 Å². The van der Waals surface area contributed by atoms with Crippen molar-refractivity contribution in [1.82, 2.24) is 10.2 Å². The molecule has 1 heterocycles. The summed E-state index contributed by atoms with van der Waals surface area (Å²) in [5.74, 6) is -2.01. The molecule has 3 rings (SSSR count). The molecule has 1 saturated heterocycles. The fraction of sp³-hybridized carbons (Fsp3) is 0.250. The Morgan fingerprint density at radius 2 is 1.93 bits per heavy atom. The van der Waals surface area contributed by atoms with E-state index in [-0.39, 0.29) is 19.1 Å². The lowest BCUT2D eigenvalue weighted by Crippen LogP contribution is -2.54. The van der Waals surface area contributed by atoms with E-state index < -0.39 is 30.6 Å². The number of morpholine rings is 1. The largest absolute Gasteiger partial charge is 0.480 e. The molecule has 0 aromatic heterocycles. The molecule has 0 bridgehead atoms. The fourth-order valence-electron chi connectivity index (χ4n) is 3.16. The topological polar surface area (TPSA) is 95.9 Å². The molecule has 1 fully saturated rings. The Balaban J connectivity index is 1.93. The van der Waals surface area contributed by atoms with E-state index in [4.69, 9.17) is 21.4 Å². The van der Waals surface area contributed by atoms with Gasteiger partial charge in [0.25, 0.3) is 5.91 Å². The zero-order valence-corrected chi connectivity index (χ0v) is 15.6. The van der Waals surface area contributed by atoms with Crippen LogP contribution >= 0.6 is 11.6 Å². The van der Waals surface area contributed by atoms with E-state index in [1.807, 2.05) is 12.1 Å². The van der Waals surface area contributed by atoms with Gasteiger partial charge in [-0.3, -0.25) is 14.4 Å². The number of carboxylic acid groups (broad SMARTS) is 1. The van der Waals surface area contributed by atoms with Crippen molar-refractivity contribution in [3.63, 3.8) is 0 Å². The van der Waals surface area contributed by atoms with Crippen LogP contribution < -0.4 is 5.32 Å². The van der Waals surface area contributed by atoms with Crippen LogP contribution in [0.5, 0.6) is 0 Å². The summed E-state index contributed by atoms with van der Waals surface area (Å²) in [5.41, 5.74) is 1.53. The highest BCUT2D eigenvalue weighted by atomic mass is 35.5. The van der Waals surface area contributed by atoms with Gasteiger partial charge < -0.3 is 20.1 Å². The fourth-order valence-corrected chi connectivity index (χ4v) is 3.37. The third-order valence-electron chi connectivity index (χ3n) is 4.38. The van der Waals surface area contributed by atoms with E-state index in [1.54, 1.807) is 47.4 Å². The number of aliphatic carboxylic acids is 1. The first kappa shape index (κ1) is 19.9.